The van der Waals surface area contributed by atoms with E-state index in [1.165, 1.54) is 55.9 Å². The number of nitrogen functional groups attached to an aromatic ring is 1. The van der Waals surface area contributed by atoms with Crippen molar-refractivity contribution in [3.05, 3.63) is 48.1 Å². The molecule has 0 aromatic heterocycles. The second-order valence-corrected chi connectivity index (χ2v) is 5.77. The van der Waals surface area contributed by atoms with Crippen molar-refractivity contribution in [3.63, 3.8) is 0 Å². The zero-order valence-electron chi connectivity index (χ0n) is 11.5. The fourth-order valence-corrected chi connectivity index (χ4v) is 2.63. The van der Waals surface area contributed by atoms with Crippen molar-refractivity contribution in [2.75, 3.05) is 20.0 Å². The van der Waals surface area contributed by atoms with E-state index in [9.17, 15) is 8.42 Å². The van der Waals surface area contributed by atoms with Crippen LogP contribution in [0.3, 0.4) is 0 Å². The SMILES string of the molecule is COC1=CC(NS(=O)(=O)c2ccc(N)cc2)=CN(OC)N1. The van der Waals surface area contributed by atoms with Crippen molar-refractivity contribution in [1.82, 2.24) is 15.3 Å². The van der Waals surface area contributed by atoms with Gasteiger partial charge in [-0.25, -0.2) is 13.8 Å². The molecule has 1 aliphatic rings. The highest BCUT2D eigenvalue weighted by Crippen LogP contribution is 2.15. The van der Waals surface area contributed by atoms with Crippen LogP contribution in [0.2, 0.25) is 0 Å². The van der Waals surface area contributed by atoms with Crippen molar-refractivity contribution in [2.24, 2.45) is 0 Å². The first-order valence-corrected chi connectivity index (χ1v) is 7.39. The average molecular weight is 312 g/mol. The van der Waals surface area contributed by atoms with E-state index in [-0.39, 0.29) is 10.6 Å². The Morgan fingerprint density at radius 3 is 2.48 bits per heavy atom. The molecule has 8 nitrogen and oxygen atoms in total. The molecule has 0 atom stereocenters. The number of rotatable bonds is 5. The molecule has 114 valence electrons. The molecule has 1 aliphatic heterocycles. The summed E-state index contributed by atoms with van der Waals surface area (Å²) in [4.78, 5) is 5.07. The van der Waals surface area contributed by atoms with Crippen molar-refractivity contribution in [3.8, 4) is 0 Å². The third-order valence-corrected chi connectivity index (χ3v) is 4.02. The Labute approximate surface area is 122 Å². The Hall–Kier alpha value is -2.39. The van der Waals surface area contributed by atoms with Crippen LogP contribution in [0, 0.1) is 0 Å². The molecule has 0 unspecified atom stereocenters. The number of nitrogens with two attached hydrogens (primary N) is 1. The van der Waals surface area contributed by atoms with Crippen LogP contribution in [-0.2, 0) is 19.6 Å². The number of sulfonamides is 1. The van der Waals surface area contributed by atoms with Gasteiger partial charge < -0.3 is 10.5 Å². The lowest BCUT2D eigenvalue weighted by molar-refractivity contribution is -0.133. The molecule has 1 aromatic rings. The second-order valence-electron chi connectivity index (χ2n) is 4.09. The third-order valence-electron chi connectivity index (χ3n) is 2.62. The normalized spacial score (nSPS) is 14.9. The molecule has 0 spiro atoms. The maximum Gasteiger partial charge on any atom is 0.261 e. The number of nitrogens with one attached hydrogen (secondary N) is 2. The van der Waals surface area contributed by atoms with E-state index in [0.29, 0.717) is 11.6 Å². The van der Waals surface area contributed by atoms with E-state index in [0.717, 1.165) is 0 Å². The van der Waals surface area contributed by atoms with Gasteiger partial charge in [-0.1, -0.05) is 0 Å². The van der Waals surface area contributed by atoms with Gasteiger partial charge in [-0.3, -0.25) is 9.56 Å². The molecule has 0 fully saturated rings. The van der Waals surface area contributed by atoms with Gasteiger partial charge in [-0.2, -0.15) is 5.17 Å². The number of nitrogens with zero attached hydrogens (tertiary/aromatic N) is 1. The Morgan fingerprint density at radius 2 is 1.90 bits per heavy atom. The van der Waals surface area contributed by atoms with Crippen LogP contribution < -0.4 is 15.9 Å². The predicted molar refractivity (Wildman–Crippen MR) is 76.3 cm³/mol. The summed E-state index contributed by atoms with van der Waals surface area (Å²) in [7, 11) is -0.851. The fourth-order valence-electron chi connectivity index (χ4n) is 1.60. The summed E-state index contributed by atoms with van der Waals surface area (Å²) in [6, 6.07) is 5.88. The van der Waals surface area contributed by atoms with Crippen LogP contribution in [0.15, 0.2) is 53.0 Å². The average Bonchev–Trinajstić information content (AvgIpc) is 2.46. The highest BCUT2D eigenvalue weighted by molar-refractivity contribution is 7.89. The number of allylic oxidation sites excluding steroid dienone is 1. The second kappa shape index (κ2) is 5.94. The lowest BCUT2D eigenvalue weighted by Gasteiger charge is -2.25. The topological polar surface area (TPSA) is 106 Å². The maximum absolute atomic E-state index is 12.3. The molecule has 0 saturated heterocycles. The molecule has 1 aromatic carbocycles. The Morgan fingerprint density at radius 1 is 1.24 bits per heavy atom. The van der Waals surface area contributed by atoms with E-state index in [2.05, 4.69) is 10.1 Å². The maximum atomic E-state index is 12.3. The molecule has 9 heteroatoms. The number of benzene rings is 1. The Kier molecular flexibility index (Phi) is 4.24. The predicted octanol–water partition coefficient (Wildman–Crippen LogP) is 0.258. The number of hydroxylamine groups is 1. The zero-order chi connectivity index (χ0) is 15.5. The van der Waals surface area contributed by atoms with Gasteiger partial charge in [0, 0.05) is 11.8 Å². The van der Waals surface area contributed by atoms with E-state index in [1.807, 2.05) is 0 Å². The monoisotopic (exact) mass is 312 g/mol. The first-order chi connectivity index (χ1) is 9.94. The molecule has 2 rings (SSSR count). The first kappa shape index (κ1) is 15.0. The van der Waals surface area contributed by atoms with E-state index in [4.69, 9.17) is 15.3 Å². The van der Waals surface area contributed by atoms with Crippen molar-refractivity contribution < 1.29 is 18.0 Å². The first-order valence-electron chi connectivity index (χ1n) is 5.90. The number of ether oxygens (including phenoxy) is 1. The number of methoxy groups -OCH3 is 1. The summed E-state index contributed by atoms with van der Waals surface area (Å²) >= 11 is 0. The van der Waals surface area contributed by atoms with Crippen LogP contribution >= 0.6 is 0 Å². The van der Waals surface area contributed by atoms with Crippen molar-refractivity contribution in [2.45, 2.75) is 4.90 Å². The van der Waals surface area contributed by atoms with Gasteiger partial charge >= 0.3 is 0 Å². The van der Waals surface area contributed by atoms with E-state index >= 15 is 0 Å². The largest absolute Gasteiger partial charge is 0.481 e. The number of anilines is 1. The minimum absolute atomic E-state index is 0.104. The van der Waals surface area contributed by atoms with Gasteiger partial charge in [0.2, 0.25) is 5.88 Å². The summed E-state index contributed by atoms with van der Waals surface area (Å²) in [5.74, 6) is 0.328. The van der Waals surface area contributed by atoms with Crippen LogP contribution in [0.4, 0.5) is 5.69 Å². The third kappa shape index (κ3) is 3.58. The Bertz CT molecular complexity index is 667. The Balaban J connectivity index is 2.25. The summed E-state index contributed by atoms with van der Waals surface area (Å²) in [6.45, 7) is 0. The van der Waals surface area contributed by atoms with Crippen LogP contribution in [0.25, 0.3) is 0 Å². The molecule has 0 saturated carbocycles. The summed E-state index contributed by atoms with van der Waals surface area (Å²) in [6.07, 6.45) is 2.92. The van der Waals surface area contributed by atoms with Crippen LogP contribution in [0.1, 0.15) is 0 Å². The molecule has 0 aliphatic carbocycles. The lowest BCUT2D eigenvalue weighted by atomic mass is 10.3. The van der Waals surface area contributed by atoms with Crippen LogP contribution in [0.5, 0.6) is 0 Å². The quantitative estimate of drug-likeness (QED) is 0.670. The molecule has 0 radical (unpaired) electrons. The van der Waals surface area contributed by atoms with Gasteiger partial charge in [0.15, 0.2) is 0 Å². The number of hydrogen-bond acceptors (Lipinski definition) is 7. The van der Waals surface area contributed by atoms with Gasteiger partial charge in [0.25, 0.3) is 10.0 Å². The zero-order valence-corrected chi connectivity index (χ0v) is 12.3. The van der Waals surface area contributed by atoms with E-state index < -0.39 is 10.0 Å². The van der Waals surface area contributed by atoms with Gasteiger partial charge in [-0.15, -0.1) is 0 Å². The molecule has 4 N–H and O–H groups in total. The molecular formula is C12H16N4O4S. The molecule has 0 bridgehead atoms. The van der Waals surface area contributed by atoms with Crippen molar-refractivity contribution in [1.29, 1.82) is 0 Å². The molecule has 0 amide bonds. The molecule has 21 heavy (non-hydrogen) atoms. The molecule has 1 heterocycles. The standard InChI is InChI=1S/C12H16N4O4S/c1-19-12-7-10(8-16(14-12)20-2)15-21(17,18)11-5-3-9(13)4-6-11/h3-8,14-15H,13H2,1-2H3. The molecular weight excluding hydrogens is 296 g/mol. The minimum Gasteiger partial charge on any atom is -0.481 e. The van der Waals surface area contributed by atoms with Gasteiger partial charge in [0.05, 0.1) is 31.0 Å². The number of hydrazine groups is 1. The number of hydrogen-bond donors (Lipinski definition) is 3. The highest BCUT2D eigenvalue weighted by Gasteiger charge is 2.18. The van der Waals surface area contributed by atoms with Gasteiger partial charge in [-0.05, 0) is 24.3 Å². The summed E-state index contributed by atoms with van der Waals surface area (Å²) < 4.78 is 32.0. The fraction of sp³-hybridized carbons (Fsp3) is 0.167. The summed E-state index contributed by atoms with van der Waals surface area (Å²) in [5.41, 5.74) is 9.05. The highest BCUT2D eigenvalue weighted by atomic mass is 32.2. The van der Waals surface area contributed by atoms with Crippen LogP contribution in [-0.4, -0.2) is 27.8 Å². The van der Waals surface area contributed by atoms with Gasteiger partial charge in [0.1, 0.15) is 0 Å². The lowest BCUT2D eigenvalue weighted by Crippen LogP contribution is -2.37. The van der Waals surface area contributed by atoms with E-state index in [1.54, 1.807) is 0 Å². The summed E-state index contributed by atoms with van der Waals surface area (Å²) in [5, 5.41) is 1.21. The smallest absolute Gasteiger partial charge is 0.261 e. The minimum atomic E-state index is -3.72. The van der Waals surface area contributed by atoms with Crippen molar-refractivity contribution >= 4 is 15.7 Å².